The van der Waals surface area contributed by atoms with Crippen LogP contribution in [0.2, 0.25) is 0 Å². The first-order valence-corrected chi connectivity index (χ1v) is 5.62. The van der Waals surface area contributed by atoms with E-state index in [0.29, 0.717) is 0 Å². The van der Waals surface area contributed by atoms with Crippen molar-refractivity contribution in [3.8, 4) is 0 Å². The maximum Gasteiger partial charge on any atom is 0.240 e. The minimum Gasteiger partial charge on any atom is -0.311 e. The average Bonchev–Trinajstić information content (AvgIpc) is 2.48. The number of carbonyl (C=O) groups excluding carboxylic acids is 1. The third kappa shape index (κ3) is 1.69. The summed E-state index contributed by atoms with van der Waals surface area (Å²) >= 11 is 3.37. The van der Waals surface area contributed by atoms with Crippen LogP contribution in [0.3, 0.4) is 0 Å². The highest BCUT2D eigenvalue weighted by atomic mass is 79.9. The van der Waals surface area contributed by atoms with E-state index in [2.05, 4.69) is 15.9 Å². The fourth-order valence-corrected chi connectivity index (χ4v) is 2.15. The fourth-order valence-electron chi connectivity index (χ4n) is 1.70. The van der Waals surface area contributed by atoms with E-state index < -0.39 is 0 Å². The SMILES string of the molecule is Cc1cccc(N2CCC(Br)C2=O)c1. The summed E-state index contributed by atoms with van der Waals surface area (Å²) in [6, 6.07) is 8.05. The van der Waals surface area contributed by atoms with Gasteiger partial charge in [0.25, 0.3) is 0 Å². The van der Waals surface area contributed by atoms with Gasteiger partial charge in [0.2, 0.25) is 5.91 Å². The molecule has 0 radical (unpaired) electrons. The lowest BCUT2D eigenvalue weighted by atomic mass is 10.2. The second kappa shape index (κ2) is 3.73. The number of alkyl halides is 1. The lowest BCUT2D eigenvalue weighted by Gasteiger charge is -2.16. The van der Waals surface area contributed by atoms with Gasteiger partial charge in [-0.25, -0.2) is 0 Å². The summed E-state index contributed by atoms with van der Waals surface area (Å²) in [5, 5.41) is 0. The number of nitrogens with zero attached hydrogens (tertiary/aromatic N) is 1. The predicted octanol–water partition coefficient (Wildman–Crippen LogP) is 2.50. The molecule has 2 nitrogen and oxygen atoms in total. The van der Waals surface area contributed by atoms with Crippen molar-refractivity contribution in [2.24, 2.45) is 0 Å². The van der Waals surface area contributed by atoms with Crippen molar-refractivity contribution < 1.29 is 4.79 Å². The minimum atomic E-state index is 0.00279. The van der Waals surface area contributed by atoms with Crippen LogP contribution >= 0.6 is 15.9 Å². The van der Waals surface area contributed by atoms with Crippen molar-refractivity contribution in [1.29, 1.82) is 0 Å². The number of anilines is 1. The smallest absolute Gasteiger partial charge is 0.240 e. The molecule has 0 aromatic heterocycles. The van der Waals surface area contributed by atoms with Gasteiger partial charge in [0, 0.05) is 12.2 Å². The Morgan fingerprint density at radius 2 is 2.29 bits per heavy atom. The summed E-state index contributed by atoms with van der Waals surface area (Å²) in [5.74, 6) is 0.176. The molecule has 0 N–H and O–H groups in total. The standard InChI is InChI=1S/C11H12BrNO/c1-8-3-2-4-9(7-8)13-6-5-10(12)11(13)14/h2-4,7,10H,5-6H2,1H3. The van der Waals surface area contributed by atoms with E-state index in [9.17, 15) is 4.79 Å². The van der Waals surface area contributed by atoms with Gasteiger partial charge in [-0.1, -0.05) is 28.1 Å². The lowest BCUT2D eigenvalue weighted by molar-refractivity contribution is -0.116. The van der Waals surface area contributed by atoms with Crippen LogP contribution in [-0.2, 0) is 4.79 Å². The quantitative estimate of drug-likeness (QED) is 0.705. The molecule has 1 aliphatic rings. The molecule has 1 fully saturated rings. The Morgan fingerprint density at radius 3 is 2.86 bits per heavy atom. The van der Waals surface area contributed by atoms with E-state index >= 15 is 0 Å². The number of halogens is 1. The van der Waals surface area contributed by atoms with Gasteiger partial charge in [-0.05, 0) is 31.0 Å². The zero-order valence-corrected chi connectivity index (χ0v) is 9.62. The van der Waals surface area contributed by atoms with Crippen molar-refractivity contribution >= 4 is 27.5 Å². The van der Waals surface area contributed by atoms with E-state index in [1.807, 2.05) is 36.1 Å². The molecule has 0 aliphatic carbocycles. The maximum absolute atomic E-state index is 11.7. The summed E-state index contributed by atoms with van der Waals surface area (Å²) in [6.45, 7) is 2.86. The molecule has 0 bridgehead atoms. The lowest BCUT2D eigenvalue weighted by Crippen LogP contribution is -2.26. The van der Waals surface area contributed by atoms with Crippen molar-refractivity contribution in [1.82, 2.24) is 0 Å². The maximum atomic E-state index is 11.7. The molecule has 14 heavy (non-hydrogen) atoms. The summed E-state index contributed by atoms with van der Waals surface area (Å²) < 4.78 is 0. The highest BCUT2D eigenvalue weighted by Gasteiger charge is 2.30. The van der Waals surface area contributed by atoms with Gasteiger partial charge in [0.05, 0.1) is 4.83 Å². The van der Waals surface area contributed by atoms with Crippen LogP contribution in [-0.4, -0.2) is 17.3 Å². The third-order valence-corrected chi connectivity index (χ3v) is 3.30. The molecular weight excluding hydrogens is 242 g/mol. The number of hydrogen-bond acceptors (Lipinski definition) is 1. The van der Waals surface area contributed by atoms with Crippen LogP contribution in [0.25, 0.3) is 0 Å². The van der Waals surface area contributed by atoms with E-state index in [-0.39, 0.29) is 10.7 Å². The highest BCUT2D eigenvalue weighted by Crippen LogP contribution is 2.25. The number of benzene rings is 1. The third-order valence-electron chi connectivity index (χ3n) is 2.45. The molecule has 1 heterocycles. The highest BCUT2D eigenvalue weighted by molar-refractivity contribution is 9.10. The van der Waals surface area contributed by atoms with E-state index in [0.717, 1.165) is 18.7 Å². The van der Waals surface area contributed by atoms with Crippen molar-refractivity contribution in [2.45, 2.75) is 18.2 Å². The Hall–Kier alpha value is -0.830. The van der Waals surface area contributed by atoms with Crippen LogP contribution in [0.15, 0.2) is 24.3 Å². The molecule has 1 aliphatic heterocycles. The fraction of sp³-hybridized carbons (Fsp3) is 0.364. The summed E-state index contributed by atoms with van der Waals surface area (Å²) in [5.41, 5.74) is 2.20. The summed E-state index contributed by atoms with van der Waals surface area (Å²) in [4.78, 5) is 13.5. The summed E-state index contributed by atoms with van der Waals surface area (Å²) in [6.07, 6.45) is 0.896. The predicted molar refractivity (Wildman–Crippen MR) is 60.9 cm³/mol. The average molecular weight is 254 g/mol. The Morgan fingerprint density at radius 1 is 1.50 bits per heavy atom. The Balaban J connectivity index is 2.28. The first-order chi connectivity index (χ1) is 6.68. The number of carbonyl (C=O) groups is 1. The van der Waals surface area contributed by atoms with Crippen LogP contribution in [0.1, 0.15) is 12.0 Å². The first-order valence-electron chi connectivity index (χ1n) is 4.70. The van der Waals surface area contributed by atoms with Gasteiger partial charge >= 0.3 is 0 Å². The zero-order chi connectivity index (χ0) is 10.1. The molecule has 0 saturated carbocycles. The summed E-state index contributed by atoms with van der Waals surface area (Å²) in [7, 11) is 0. The van der Waals surface area contributed by atoms with Crippen LogP contribution in [0.4, 0.5) is 5.69 Å². The van der Waals surface area contributed by atoms with Gasteiger partial charge in [0.1, 0.15) is 0 Å². The Bertz CT molecular complexity index is 364. The van der Waals surface area contributed by atoms with Crippen LogP contribution < -0.4 is 4.90 Å². The number of hydrogen-bond donors (Lipinski definition) is 0. The van der Waals surface area contributed by atoms with E-state index in [1.165, 1.54) is 5.56 Å². The van der Waals surface area contributed by atoms with Gasteiger partial charge in [0.15, 0.2) is 0 Å². The van der Waals surface area contributed by atoms with Crippen molar-refractivity contribution in [3.05, 3.63) is 29.8 Å². The van der Waals surface area contributed by atoms with E-state index in [4.69, 9.17) is 0 Å². The largest absolute Gasteiger partial charge is 0.311 e. The second-order valence-corrected chi connectivity index (χ2v) is 4.69. The molecule has 0 spiro atoms. The van der Waals surface area contributed by atoms with Crippen LogP contribution in [0.5, 0.6) is 0 Å². The molecule has 74 valence electrons. The van der Waals surface area contributed by atoms with Crippen molar-refractivity contribution in [2.75, 3.05) is 11.4 Å². The zero-order valence-electron chi connectivity index (χ0n) is 8.03. The molecule has 1 atom stereocenters. The van der Waals surface area contributed by atoms with Gasteiger partial charge in [-0.15, -0.1) is 0 Å². The molecule has 3 heteroatoms. The Labute approximate surface area is 92.0 Å². The minimum absolute atomic E-state index is 0.00279. The topological polar surface area (TPSA) is 20.3 Å². The molecule has 1 aromatic carbocycles. The van der Waals surface area contributed by atoms with Gasteiger partial charge in [-0.2, -0.15) is 0 Å². The normalized spacial score (nSPS) is 21.7. The van der Waals surface area contributed by atoms with Gasteiger partial charge in [-0.3, -0.25) is 4.79 Å². The first kappa shape index (κ1) is 9.71. The molecule has 1 aromatic rings. The van der Waals surface area contributed by atoms with Crippen LogP contribution in [0, 0.1) is 6.92 Å². The molecular formula is C11H12BrNO. The molecule has 1 amide bonds. The molecule has 1 unspecified atom stereocenters. The second-order valence-electron chi connectivity index (χ2n) is 3.59. The van der Waals surface area contributed by atoms with E-state index in [1.54, 1.807) is 0 Å². The molecule has 2 rings (SSSR count). The Kier molecular flexibility index (Phi) is 2.59. The van der Waals surface area contributed by atoms with Crippen molar-refractivity contribution in [3.63, 3.8) is 0 Å². The van der Waals surface area contributed by atoms with Gasteiger partial charge < -0.3 is 4.90 Å². The molecule has 1 saturated heterocycles. The number of rotatable bonds is 1. The monoisotopic (exact) mass is 253 g/mol. The number of aryl methyl sites for hydroxylation is 1. The number of amides is 1.